The van der Waals surface area contributed by atoms with Gasteiger partial charge >= 0.3 is 6.09 Å². The third-order valence-electron chi connectivity index (χ3n) is 3.96. The lowest BCUT2D eigenvalue weighted by Gasteiger charge is -2.14. The van der Waals surface area contributed by atoms with Crippen molar-refractivity contribution in [2.45, 2.75) is 6.92 Å². The Bertz CT molecular complexity index is 1030. The molecule has 0 spiro atoms. The second-order valence-corrected chi connectivity index (χ2v) is 8.52. The molecule has 3 aromatic rings. The lowest BCUT2D eigenvalue weighted by molar-refractivity contribution is 0.102. The third kappa shape index (κ3) is 3.69. The van der Waals surface area contributed by atoms with Crippen molar-refractivity contribution in [3.8, 4) is 9.88 Å². The van der Waals surface area contributed by atoms with Gasteiger partial charge in [-0.3, -0.25) is 9.69 Å². The Morgan fingerprint density at radius 2 is 2.15 bits per heavy atom. The Morgan fingerprint density at radius 3 is 2.85 bits per heavy atom. The summed E-state index contributed by atoms with van der Waals surface area (Å²) in [5.74, 6) is -0.236. The lowest BCUT2D eigenvalue weighted by Crippen LogP contribution is -2.23. The Balaban J connectivity index is 1.54. The van der Waals surface area contributed by atoms with Crippen molar-refractivity contribution in [1.82, 2.24) is 4.98 Å². The van der Waals surface area contributed by atoms with Gasteiger partial charge in [0.25, 0.3) is 5.91 Å². The summed E-state index contributed by atoms with van der Waals surface area (Å²) in [6.45, 7) is 2.67. The van der Waals surface area contributed by atoms with Crippen LogP contribution in [0.5, 0.6) is 0 Å². The van der Waals surface area contributed by atoms with Crippen LogP contribution < -0.4 is 10.2 Å². The van der Waals surface area contributed by atoms with Crippen molar-refractivity contribution in [3.63, 3.8) is 0 Å². The molecule has 1 saturated heterocycles. The predicted octanol–water partition coefficient (Wildman–Crippen LogP) is 5.04. The first-order chi connectivity index (χ1) is 13.0. The minimum atomic E-state index is -0.379. The average Bonchev–Trinajstić information content (AvgIpc) is 3.35. The van der Waals surface area contributed by atoms with Crippen molar-refractivity contribution < 1.29 is 14.3 Å². The van der Waals surface area contributed by atoms with E-state index in [0.717, 1.165) is 9.88 Å². The van der Waals surface area contributed by atoms with Gasteiger partial charge in [-0.25, -0.2) is 9.78 Å². The highest BCUT2D eigenvalue weighted by atomic mass is 35.5. The smallest absolute Gasteiger partial charge is 0.414 e. The second kappa shape index (κ2) is 7.30. The van der Waals surface area contributed by atoms with Crippen LogP contribution in [0.2, 0.25) is 4.34 Å². The molecule has 2 amide bonds. The monoisotopic (exact) mass is 419 g/mol. The molecule has 0 aliphatic carbocycles. The molecule has 138 valence electrons. The fourth-order valence-electron chi connectivity index (χ4n) is 2.71. The Morgan fingerprint density at radius 1 is 1.30 bits per heavy atom. The summed E-state index contributed by atoms with van der Waals surface area (Å²) in [5, 5.41) is 3.64. The standard InChI is InChI=1S/C18H14ClN3O3S2/c1-10-15(27-17(20-10)13-5-6-14(19)26-13)16(23)21-11-3-2-4-12(9-11)22-7-8-25-18(22)24/h2-6,9H,7-8H2,1H3,(H,21,23). The van der Waals surface area contributed by atoms with Gasteiger partial charge in [-0.15, -0.1) is 22.7 Å². The van der Waals surface area contributed by atoms with Crippen LogP contribution in [-0.2, 0) is 4.74 Å². The number of rotatable bonds is 4. The Kier molecular flexibility index (Phi) is 4.86. The number of benzene rings is 1. The van der Waals surface area contributed by atoms with Gasteiger partial charge in [0.2, 0.25) is 0 Å². The maximum absolute atomic E-state index is 12.7. The molecule has 27 heavy (non-hydrogen) atoms. The number of nitrogens with one attached hydrogen (secondary N) is 1. The van der Waals surface area contributed by atoms with Crippen LogP contribution in [0, 0.1) is 6.92 Å². The van der Waals surface area contributed by atoms with Gasteiger partial charge in [0.05, 0.1) is 21.5 Å². The minimum Gasteiger partial charge on any atom is -0.447 e. The number of carbonyl (C=O) groups is 2. The predicted molar refractivity (Wildman–Crippen MR) is 108 cm³/mol. The molecule has 6 nitrogen and oxygen atoms in total. The summed E-state index contributed by atoms with van der Waals surface area (Å²) in [5.41, 5.74) is 1.95. The molecule has 0 bridgehead atoms. The zero-order valence-electron chi connectivity index (χ0n) is 14.2. The molecule has 1 fully saturated rings. The van der Waals surface area contributed by atoms with Crippen LogP contribution in [-0.4, -0.2) is 30.1 Å². The number of carbonyl (C=O) groups excluding carboxylic acids is 2. The summed E-state index contributed by atoms with van der Waals surface area (Å²) < 4.78 is 5.64. The van der Waals surface area contributed by atoms with E-state index in [-0.39, 0.29) is 12.0 Å². The molecule has 2 aromatic heterocycles. The highest BCUT2D eigenvalue weighted by Crippen LogP contribution is 2.35. The van der Waals surface area contributed by atoms with Crippen LogP contribution in [0.15, 0.2) is 36.4 Å². The number of thiophene rings is 1. The number of nitrogens with zero attached hydrogens (tertiary/aromatic N) is 2. The van der Waals surface area contributed by atoms with Crippen LogP contribution >= 0.6 is 34.3 Å². The molecule has 1 aromatic carbocycles. The van der Waals surface area contributed by atoms with E-state index in [1.807, 2.05) is 12.1 Å². The summed E-state index contributed by atoms with van der Waals surface area (Å²) >= 11 is 8.74. The fraction of sp³-hybridized carbons (Fsp3) is 0.167. The van der Waals surface area contributed by atoms with Crippen molar-refractivity contribution in [3.05, 3.63) is 51.3 Å². The number of halogens is 1. The fourth-order valence-corrected chi connectivity index (χ4v) is 4.77. The molecule has 1 aliphatic rings. The number of ether oxygens (including phenoxy) is 1. The summed E-state index contributed by atoms with van der Waals surface area (Å²) in [6.07, 6.45) is -0.379. The zero-order valence-corrected chi connectivity index (χ0v) is 16.6. The molecule has 0 unspecified atom stereocenters. The highest BCUT2D eigenvalue weighted by Gasteiger charge is 2.24. The molecular formula is C18H14ClN3O3S2. The summed E-state index contributed by atoms with van der Waals surface area (Å²) in [4.78, 5) is 31.9. The average molecular weight is 420 g/mol. The summed E-state index contributed by atoms with van der Waals surface area (Å²) in [7, 11) is 0. The van der Waals surface area contributed by atoms with Crippen molar-refractivity contribution in [2.75, 3.05) is 23.4 Å². The number of amides is 2. The van der Waals surface area contributed by atoms with Crippen LogP contribution in [0.1, 0.15) is 15.4 Å². The number of hydrogen-bond acceptors (Lipinski definition) is 6. The number of thiazole rings is 1. The van der Waals surface area contributed by atoms with E-state index in [9.17, 15) is 9.59 Å². The van der Waals surface area contributed by atoms with Crippen LogP contribution in [0.3, 0.4) is 0 Å². The molecular weight excluding hydrogens is 406 g/mol. The lowest BCUT2D eigenvalue weighted by atomic mass is 10.2. The molecule has 0 atom stereocenters. The van der Waals surface area contributed by atoms with E-state index >= 15 is 0 Å². The molecule has 4 rings (SSSR count). The van der Waals surface area contributed by atoms with Crippen molar-refractivity contribution in [1.29, 1.82) is 0 Å². The van der Waals surface area contributed by atoms with Gasteiger partial charge in [0.15, 0.2) is 0 Å². The Labute approximate surface area is 168 Å². The van der Waals surface area contributed by atoms with Gasteiger partial charge in [0.1, 0.15) is 16.5 Å². The number of cyclic esters (lactones) is 1. The number of aryl methyl sites for hydroxylation is 1. The van der Waals surface area contributed by atoms with Gasteiger partial charge in [0, 0.05) is 11.4 Å². The Hall–Kier alpha value is -2.42. The quantitative estimate of drug-likeness (QED) is 0.642. The first kappa shape index (κ1) is 18.0. The molecule has 0 radical (unpaired) electrons. The van der Waals surface area contributed by atoms with E-state index < -0.39 is 0 Å². The normalized spacial score (nSPS) is 13.7. The minimum absolute atomic E-state index is 0.236. The SMILES string of the molecule is Cc1nc(-c2ccc(Cl)s2)sc1C(=O)Nc1cccc(N2CCOC2=O)c1. The van der Waals surface area contributed by atoms with E-state index in [1.54, 1.807) is 31.2 Å². The molecule has 3 heterocycles. The van der Waals surface area contributed by atoms with Gasteiger partial charge in [-0.2, -0.15) is 0 Å². The zero-order chi connectivity index (χ0) is 19.0. The van der Waals surface area contributed by atoms with Crippen LogP contribution in [0.4, 0.5) is 16.2 Å². The van der Waals surface area contributed by atoms with Crippen LogP contribution in [0.25, 0.3) is 9.88 Å². The van der Waals surface area contributed by atoms with Gasteiger partial charge in [-0.05, 0) is 37.3 Å². The molecule has 1 aliphatic heterocycles. The van der Waals surface area contributed by atoms with E-state index in [0.29, 0.717) is 39.4 Å². The first-order valence-electron chi connectivity index (χ1n) is 8.10. The molecule has 9 heteroatoms. The highest BCUT2D eigenvalue weighted by molar-refractivity contribution is 7.24. The largest absolute Gasteiger partial charge is 0.447 e. The van der Waals surface area contributed by atoms with Crippen molar-refractivity contribution >= 4 is 57.6 Å². The maximum atomic E-state index is 12.7. The first-order valence-corrected chi connectivity index (χ1v) is 10.1. The topological polar surface area (TPSA) is 71.5 Å². The molecule has 1 N–H and O–H groups in total. The second-order valence-electron chi connectivity index (χ2n) is 5.81. The van der Waals surface area contributed by atoms with E-state index in [2.05, 4.69) is 10.3 Å². The number of hydrogen-bond donors (Lipinski definition) is 1. The van der Waals surface area contributed by atoms with Gasteiger partial charge in [-0.1, -0.05) is 17.7 Å². The van der Waals surface area contributed by atoms with Crippen molar-refractivity contribution in [2.24, 2.45) is 0 Å². The number of aromatic nitrogens is 1. The maximum Gasteiger partial charge on any atom is 0.414 e. The van der Waals surface area contributed by atoms with Gasteiger partial charge < -0.3 is 10.1 Å². The van der Waals surface area contributed by atoms with E-state index in [4.69, 9.17) is 16.3 Å². The third-order valence-corrected chi connectivity index (χ3v) is 6.52. The summed E-state index contributed by atoms with van der Waals surface area (Å²) in [6, 6.07) is 10.8. The van der Waals surface area contributed by atoms with E-state index in [1.165, 1.54) is 27.6 Å². The number of anilines is 2. The molecule has 0 saturated carbocycles.